The first-order valence-electron chi connectivity index (χ1n) is 6.31. The van der Waals surface area contributed by atoms with Gasteiger partial charge < -0.3 is 10.1 Å². The Kier molecular flexibility index (Phi) is 4.45. The summed E-state index contributed by atoms with van der Waals surface area (Å²) in [5.74, 6) is -0.387. The number of carbonyl (C=O) groups excluding carboxylic acids is 1. The van der Waals surface area contributed by atoms with Crippen LogP contribution in [0.5, 0.6) is 0 Å². The average molecular weight is 310 g/mol. The topological polar surface area (TPSA) is 51.2 Å². The number of nitrogens with one attached hydrogen (secondary N) is 1. The normalized spacial score (nSPS) is 12.2. The highest BCUT2D eigenvalue weighted by Gasteiger charge is 2.18. The summed E-state index contributed by atoms with van der Waals surface area (Å²) in [4.78, 5) is 19.4. The van der Waals surface area contributed by atoms with Crippen LogP contribution in [0.1, 0.15) is 43.6 Å². The largest absolute Gasteiger partial charge is 0.464 e. The second-order valence-electron chi connectivity index (χ2n) is 4.65. The Hall–Kier alpha value is -1.40. The summed E-state index contributed by atoms with van der Waals surface area (Å²) < 4.78 is 4.72. The van der Waals surface area contributed by atoms with Gasteiger partial charge in [-0.05, 0) is 39.3 Å². The maximum atomic E-state index is 11.6. The molecule has 6 heteroatoms. The van der Waals surface area contributed by atoms with Crippen molar-refractivity contribution in [2.24, 2.45) is 0 Å². The first-order valence-corrected chi connectivity index (χ1v) is 7.95. The summed E-state index contributed by atoms with van der Waals surface area (Å²) in [6.07, 6.45) is 0. The number of hydrogen-bond acceptors (Lipinski definition) is 6. The van der Waals surface area contributed by atoms with Crippen LogP contribution < -0.4 is 5.32 Å². The summed E-state index contributed by atoms with van der Waals surface area (Å²) in [7, 11) is 1.37. The van der Waals surface area contributed by atoms with Crippen LogP contribution in [-0.2, 0) is 4.74 Å². The molecule has 0 radical (unpaired) electrons. The molecule has 0 amide bonds. The molecule has 0 spiro atoms. The van der Waals surface area contributed by atoms with Crippen LogP contribution in [0.3, 0.4) is 0 Å². The lowest BCUT2D eigenvalue weighted by atomic mass is 10.1. The van der Waals surface area contributed by atoms with E-state index in [1.54, 1.807) is 11.3 Å². The average Bonchev–Trinajstić information content (AvgIpc) is 2.91. The van der Waals surface area contributed by atoms with Crippen molar-refractivity contribution >= 4 is 33.8 Å². The molecule has 1 unspecified atom stereocenters. The monoisotopic (exact) mass is 310 g/mol. The predicted molar refractivity (Wildman–Crippen MR) is 84.0 cm³/mol. The Morgan fingerprint density at radius 3 is 2.55 bits per heavy atom. The Balaban J connectivity index is 2.18. The summed E-state index contributed by atoms with van der Waals surface area (Å²) in [5.41, 5.74) is 1.67. The number of esters is 1. The lowest BCUT2D eigenvalue weighted by Gasteiger charge is -2.12. The highest BCUT2D eigenvalue weighted by Crippen LogP contribution is 2.30. The van der Waals surface area contributed by atoms with E-state index in [-0.39, 0.29) is 12.0 Å². The van der Waals surface area contributed by atoms with E-state index in [9.17, 15) is 4.79 Å². The second-order valence-corrected chi connectivity index (χ2v) is 7.31. The minimum Gasteiger partial charge on any atom is -0.464 e. The van der Waals surface area contributed by atoms with Crippen molar-refractivity contribution in [3.8, 4) is 0 Å². The van der Waals surface area contributed by atoms with Crippen molar-refractivity contribution in [3.63, 3.8) is 0 Å². The number of aromatic nitrogens is 1. The molecule has 0 aromatic carbocycles. The summed E-state index contributed by atoms with van der Waals surface area (Å²) in [6, 6.07) is 2.36. The van der Waals surface area contributed by atoms with Gasteiger partial charge in [0.05, 0.1) is 13.2 Å². The van der Waals surface area contributed by atoms with Gasteiger partial charge in [0, 0.05) is 14.6 Å². The minimum absolute atomic E-state index is 0.163. The fourth-order valence-electron chi connectivity index (χ4n) is 2.09. The fourth-order valence-corrected chi connectivity index (χ4v) is 4.00. The number of methoxy groups -OCH3 is 1. The lowest BCUT2D eigenvalue weighted by Crippen LogP contribution is -2.08. The van der Waals surface area contributed by atoms with Gasteiger partial charge in [-0.2, -0.15) is 0 Å². The van der Waals surface area contributed by atoms with E-state index in [1.165, 1.54) is 33.8 Å². The minimum atomic E-state index is -0.387. The molecule has 2 heterocycles. The van der Waals surface area contributed by atoms with Gasteiger partial charge >= 0.3 is 5.97 Å². The molecular formula is C14H18N2O2S2. The molecule has 0 aliphatic rings. The van der Waals surface area contributed by atoms with Crippen LogP contribution in [0.2, 0.25) is 0 Å². The van der Waals surface area contributed by atoms with Gasteiger partial charge in [0.2, 0.25) is 0 Å². The summed E-state index contributed by atoms with van der Waals surface area (Å²) in [6.45, 7) is 8.21. The summed E-state index contributed by atoms with van der Waals surface area (Å²) in [5, 5.41) is 4.11. The van der Waals surface area contributed by atoms with Gasteiger partial charge in [0.15, 0.2) is 10.8 Å². The van der Waals surface area contributed by atoms with Gasteiger partial charge in [-0.1, -0.05) is 0 Å². The van der Waals surface area contributed by atoms with Crippen molar-refractivity contribution < 1.29 is 9.53 Å². The quantitative estimate of drug-likeness (QED) is 0.864. The molecule has 2 aromatic rings. The van der Waals surface area contributed by atoms with E-state index in [2.05, 4.69) is 37.1 Å². The molecule has 0 saturated carbocycles. The molecule has 20 heavy (non-hydrogen) atoms. The van der Waals surface area contributed by atoms with Crippen LogP contribution in [0.25, 0.3) is 0 Å². The molecule has 0 bridgehead atoms. The van der Waals surface area contributed by atoms with E-state index >= 15 is 0 Å². The number of rotatable bonds is 4. The van der Waals surface area contributed by atoms with Crippen LogP contribution in [0.4, 0.5) is 5.13 Å². The van der Waals surface area contributed by atoms with Crippen molar-refractivity contribution in [2.45, 2.75) is 33.7 Å². The van der Waals surface area contributed by atoms with Gasteiger partial charge in [0.25, 0.3) is 0 Å². The van der Waals surface area contributed by atoms with Crippen LogP contribution in [-0.4, -0.2) is 18.1 Å². The number of hydrogen-bond donors (Lipinski definition) is 1. The molecule has 0 aliphatic heterocycles. The number of thiophene rings is 1. The number of thiazole rings is 1. The Morgan fingerprint density at radius 2 is 2.00 bits per heavy atom. The molecule has 0 fully saturated rings. The Morgan fingerprint density at radius 1 is 1.30 bits per heavy atom. The maximum Gasteiger partial charge on any atom is 0.357 e. The van der Waals surface area contributed by atoms with Gasteiger partial charge in [0.1, 0.15) is 0 Å². The van der Waals surface area contributed by atoms with Gasteiger partial charge in [-0.25, -0.2) is 9.78 Å². The van der Waals surface area contributed by atoms with Crippen LogP contribution in [0.15, 0.2) is 6.07 Å². The molecule has 0 saturated heterocycles. The van der Waals surface area contributed by atoms with Gasteiger partial charge in [-0.15, -0.1) is 22.7 Å². The zero-order valence-corrected chi connectivity index (χ0v) is 13.9. The third-order valence-corrected chi connectivity index (χ3v) is 4.94. The molecule has 108 valence electrons. The van der Waals surface area contributed by atoms with Crippen LogP contribution in [0, 0.1) is 20.8 Å². The van der Waals surface area contributed by atoms with Crippen molar-refractivity contribution in [3.05, 3.63) is 32.0 Å². The third kappa shape index (κ3) is 3.02. The van der Waals surface area contributed by atoms with E-state index in [4.69, 9.17) is 4.74 Å². The highest BCUT2D eigenvalue weighted by atomic mass is 32.1. The summed E-state index contributed by atoms with van der Waals surface area (Å²) >= 11 is 3.27. The Labute approximate surface area is 126 Å². The second kappa shape index (κ2) is 5.93. The van der Waals surface area contributed by atoms with E-state index in [1.807, 2.05) is 6.92 Å². The SMILES string of the molecule is COC(=O)c1nc(NC(C)c2cc(C)sc2C)sc1C. The maximum absolute atomic E-state index is 11.6. The predicted octanol–water partition coefficient (Wildman–Crippen LogP) is 4.09. The number of anilines is 1. The molecule has 1 N–H and O–H groups in total. The molecular weight excluding hydrogens is 292 g/mol. The number of ether oxygens (including phenoxy) is 1. The van der Waals surface area contributed by atoms with Crippen molar-refractivity contribution in [1.29, 1.82) is 0 Å². The number of aryl methyl sites for hydroxylation is 3. The number of nitrogens with zero attached hydrogens (tertiary/aromatic N) is 1. The van der Waals surface area contributed by atoms with E-state index in [0.717, 1.165) is 10.0 Å². The zero-order valence-electron chi connectivity index (χ0n) is 12.2. The molecule has 0 aliphatic carbocycles. The van der Waals surface area contributed by atoms with Crippen molar-refractivity contribution in [2.75, 3.05) is 12.4 Å². The number of carbonyl (C=O) groups is 1. The first kappa shape index (κ1) is 15.0. The fraction of sp³-hybridized carbons (Fsp3) is 0.429. The van der Waals surface area contributed by atoms with Crippen molar-refractivity contribution in [1.82, 2.24) is 4.98 Å². The molecule has 2 aromatic heterocycles. The van der Waals surface area contributed by atoms with Crippen LogP contribution >= 0.6 is 22.7 Å². The zero-order chi connectivity index (χ0) is 14.9. The first-order chi connectivity index (χ1) is 9.42. The smallest absolute Gasteiger partial charge is 0.357 e. The molecule has 1 atom stereocenters. The molecule has 2 rings (SSSR count). The third-order valence-electron chi connectivity index (χ3n) is 3.06. The molecule has 4 nitrogen and oxygen atoms in total. The lowest BCUT2D eigenvalue weighted by molar-refractivity contribution is 0.0594. The standard InChI is InChI=1S/C14H18N2O2S2/c1-7-6-11(9(3)19-7)8(2)15-14-16-12(10(4)20-14)13(17)18-5/h6,8H,1-5H3,(H,15,16). The van der Waals surface area contributed by atoms with E-state index < -0.39 is 0 Å². The van der Waals surface area contributed by atoms with Gasteiger partial charge in [-0.3, -0.25) is 0 Å². The highest BCUT2D eigenvalue weighted by molar-refractivity contribution is 7.15. The Bertz CT molecular complexity index is 631. The van der Waals surface area contributed by atoms with E-state index in [0.29, 0.717) is 5.69 Å².